The Hall–Kier alpha value is -2.93. The Labute approximate surface area is 184 Å². The number of nitrogens with zero attached hydrogens (tertiary/aromatic N) is 5. The van der Waals surface area contributed by atoms with Crippen molar-refractivity contribution < 1.29 is 26.4 Å². The molecule has 1 amide bonds. The molecule has 0 aliphatic heterocycles. The number of sulfonamides is 1. The van der Waals surface area contributed by atoms with Crippen molar-refractivity contribution in [1.82, 2.24) is 19.2 Å². The number of carbonyl (C=O) groups is 1. The van der Waals surface area contributed by atoms with Crippen LogP contribution in [0.1, 0.15) is 12.5 Å². The van der Waals surface area contributed by atoms with Crippen molar-refractivity contribution in [2.24, 2.45) is 0 Å². The number of rotatable bonds is 8. The standard InChI is InChI=1S/C19H25F3N6O3S/c1-13(29)27(4)10-11-28(5)17-16(19(20,21)22)12-23-18(25-17)24-14-6-8-15(9-7-14)32(30,31)26(2)3/h6-9,12H,10-11H2,1-5H3,(H,23,24,25). The maximum absolute atomic E-state index is 13.5. The molecule has 13 heteroatoms. The Morgan fingerprint density at radius 3 is 2.16 bits per heavy atom. The highest BCUT2D eigenvalue weighted by molar-refractivity contribution is 7.89. The summed E-state index contributed by atoms with van der Waals surface area (Å²) in [6, 6.07) is 5.66. The van der Waals surface area contributed by atoms with Gasteiger partial charge < -0.3 is 15.1 Å². The van der Waals surface area contributed by atoms with Gasteiger partial charge in [0.15, 0.2) is 0 Å². The smallest absolute Gasteiger partial charge is 0.357 e. The molecule has 1 N–H and O–H groups in total. The van der Waals surface area contributed by atoms with Crippen LogP contribution >= 0.6 is 0 Å². The van der Waals surface area contributed by atoms with Gasteiger partial charge in [-0.3, -0.25) is 4.79 Å². The summed E-state index contributed by atoms with van der Waals surface area (Å²) in [5.41, 5.74) is -0.615. The maximum Gasteiger partial charge on any atom is 0.421 e. The van der Waals surface area contributed by atoms with Crippen LogP contribution in [-0.4, -0.2) is 74.8 Å². The normalized spacial score (nSPS) is 12.0. The fourth-order valence-electron chi connectivity index (χ4n) is 2.54. The fraction of sp³-hybridized carbons (Fsp3) is 0.421. The van der Waals surface area contributed by atoms with Crippen molar-refractivity contribution in [3.05, 3.63) is 36.0 Å². The van der Waals surface area contributed by atoms with Gasteiger partial charge in [0, 0.05) is 60.1 Å². The summed E-state index contributed by atoms with van der Waals surface area (Å²) in [7, 11) is 2.19. The van der Waals surface area contributed by atoms with Gasteiger partial charge in [-0.15, -0.1) is 0 Å². The van der Waals surface area contributed by atoms with E-state index in [1.165, 1.54) is 62.1 Å². The van der Waals surface area contributed by atoms with Gasteiger partial charge in [-0.05, 0) is 24.3 Å². The van der Waals surface area contributed by atoms with Crippen LogP contribution < -0.4 is 10.2 Å². The third kappa shape index (κ3) is 6.07. The Balaban J connectivity index is 2.30. The van der Waals surface area contributed by atoms with E-state index < -0.39 is 21.8 Å². The van der Waals surface area contributed by atoms with E-state index in [0.717, 1.165) is 4.31 Å². The molecule has 2 aromatic rings. The molecule has 32 heavy (non-hydrogen) atoms. The predicted molar refractivity (Wildman–Crippen MR) is 114 cm³/mol. The van der Waals surface area contributed by atoms with E-state index in [1.54, 1.807) is 7.05 Å². The average molecular weight is 475 g/mol. The molecule has 0 unspecified atom stereocenters. The minimum atomic E-state index is -4.67. The van der Waals surface area contributed by atoms with Gasteiger partial charge >= 0.3 is 6.18 Å². The summed E-state index contributed by atoms with van der Waals surface area (Å²) in [6.45, 7) is 1.69. The SMILES string of the molecule is CC(=O)N(C)CCN(C)c1nc(Nc2ccc(S(=O)(=O)N(C)C)cc2)ncc1C(F)(F)F. The minimum Gasteiger partial charge on any atom is -0.357 e. The highest BCUT2D eigenvalue weighted by Gasteiger charge is 2.36. The van der Waals surface area contributed by atoms with E-state index in [2.05, 4.69) is 15.3 Å². The summed E-state index contributed by atoms with van der Waals surface area (Å²) in [5, 5.41) is 2.78. The van der Waals surface area contributed by atoms with Gasteiger partial charge in [0.2, 0.25) is 21.9 Å². The van der Waals surface area contributed by atoms with Crippen LogP contribution in [-0.2, 0) is 21.0 Å². The van der Waals surface area contributed by atoms with Crippen molar-refractivity contribution in [2.45, 2.75) is 18.0 Å². The second kappa shape index (κ2) is 9.69. The van der Waals surface area contributed by atoms with Gasteiger partial charge in [0.05, 0.1) is 4.90 Å². The molecular weight excluding hydrogens is 449 g/mol. The van der Waals surface area contributed by atoms with Crippen LogP contribution in [0, 0.1) is 0 Å². The lowest BCUT2D eigenvalue weighted by Gasteiger charge is -2.25. The summed E-state index contributed by atoms with van der Waals surface area (Å²) >= 11 is 0. The van der Waals surface area contributed by atoms with Gasteiger partial charge in [-0.2, -0.15) is 18.2 Å². The zero-order chi connectivity index (χ0) is 24.3. The highest BCUT2D eigenvalue weighted by Crippen LogP contribution is 2.35. The maximum atomic E-state index is 13.5. The number of benzene rings is 1. The molecule has 0 saturated heterocycles. The van der Waals surface area contributed by atoms with Crippen LogP contribution in [0.25, 0.3) is 0 Å². The molecule has 9 nitrogen and oxygen atoms in total. The number of aromatic nitrogens is 2. The van der Waals surface area contributed by atoms with Crippen LogP contribution in [0.4, 0.5) is 30.6 Å². The molecule has 1 aromatic heterocycles. The number of likely N-dealkylation sites (N-methyl/N-ethyl adjacent to an activating group) is 2. The first-order valence-electron chi connectivity index (χ1n) is 9.40. The molecule has 0 aliphatic carbocycles. The first kappa shape index (κ1) is 25.3. The number of nitrogens with one attached hydrogen (secondary N) is 1. The lowest BCUT2D eigenvalue weighted by Crippen LogP contribution is -2.34. The van der Waals surface area contributed by atoms with Crippen molar-refractivity contribution in [2.75, 3.05) is 51.5 Å². The van der Waals surface area contributed by atoms with Crippen molar-refractivity contribution in [3.8, 4) is 0 Å². The van der Waals surface area contributed by atoms with E-state index in [1.807, 2.05) is 0 Å². The number of carbonyl (C=O) groups excluding carboxylic acids is 1. The molecule has 0 atom stereocenters. The first-order valence-corrected chi connectivity index (χ1v) is 10.8. The Morgan fingerprint density at radius 2 is 1.66 bits per heavy atom. The Kier molecular flexibility index (Phi) is 7.67. The van der Waals surface area contributed by atoms with E-state index >= 15 is 0 Å². The second-order valence-corrected chi connectivity index (χ2v) is 9.38. The van der Waals surface area contributed by atoms with Crippen LogP contribution in [0.5, 0.6) is 0 Å². The molecule has 1 aromatic carbocycles. The van der Waals surface area contributed by atoms with Crippen LogP contribution in [0.2, 0.25) is 0 Å². The second-order valence-electron chi connectivity index (χ2n) is 7.23. The zero-order valence-corrected chi connectivity index (χ0v) is 19.1. The average Bonchev–Trinajstić information content (AvgIpc) is 2.71. The lowest BCUT2D eigenvalue weighted by molar-refractivity contribution is -0.137. The number of alkyl halides is 3. The minimum absolute atomic E-state index is 0.0661. The molecule has 0 bridgehead atoms. The summed E-state index contributed by atoms with van der Waals surface area (Å²) < 4.78 is 65.8. The van der Waals surface area contributed by atoms with Gasteiger partial charge in [-0.1, -0.05) is 0 Å². The van der Waals surface area contributed by atoms with E-state index in [-0.39, 0.29) is 35.7 Å². The molecule has 0 aliphatic rings. The molecular formula is C19H25F3N6O3S. The summed E-state index contributed by atoms with van der Waals surface area (Å²) in [5.74, 6) is -0.652. The van der Waals surface area contributed by atoms with E-state index in [4.69, 9.17) is 0 Å². The Morgan fingerprint density at radius 1 is 1.06 bits per heavy atom. The Bertz CT molecular complexity index is 1060. The number of amides is 1. The predicted octanol–water partition coefficient (Wildman–Crippen LogP) is 2.40. The number of halogens is 3. The van der Waals surface area contributed by atoms with Gasteiger partial charge in [-0.25, -0.2) is 17.7 Å². The van der Waals surface area contributed by atoms with Crippen molar-refractivity contribution in [3.63, 3.8) is 0 Å². The molecule has 0 fully saturated rings. The largest absolute Gasteiger partial charge is 0.421 e. The zero-order valence-electron chi connectivity index (χ0n) is 18.3. The number of anilines is 3. The molecule has 1 heterocycles. The topological polar surface area (TPSA) is 98.7 Å². The highest BCUT2D eigenvalue weighted by atomic mass is 32.2. The third-order valence-corrected chi connectivity index (χ3v) is 6.46. The van der Waals surface area contributed by atoms with E-state index in [9.17, 15) is 26.4 Å². The quantitative estimate of drug-likeness (QED) is 0.627. The summed E-state index contributed by atoms with van der Waals surface area (Å²) in [4.78, 5) is 21.8. The van der Waals surface area contributed by atoms with Gasteiger partial charge in [0.1, 0.15) is 11.4 Å². The molecule has 0 radical (unpaired) electrons. The van der Waals surface area contributed by atoms with Gasteiger partial charge in [0.25, 0.3) is 0 Å². The van der Waals surface area contributed by atoms with Crippen LogP contribution in [0.15, 0.2) is 35.4 Å². The third-order valence-electron chi connectivity index (χ3n) is 4.63. The molecule has 2 rings (SSSR count). The van der Waals surface area contributed by atoms with Crippen molar-refractivity contribution in [1.29, 1.82) is 0 Å². The van der Waals surface area contributed by atoms with Crippen LogP contribution in [0.3, 0.4) is 0 Å². The number of hydrogen-bond acceptors (Lipinski definition) is 7. The van der Waals surface area contributed by atoms with Crippen molar-refractivity contribution >= 4 is 33.4 Å². The fourth-order valence-corrected chi connectivity index (χ4v) is 3.44. The molecule has 0 spiro atoms. The number of hydrogen-bond donors (Lipinski definition) is 1. The molecule has 0 saturated carbocycles. The first-order chi connectivity index (χ1) is 14.7. The lowest BCUT2D eigenvalue weighted by atomic mass is 10.2. The molecule has 176 valence electrons. The monoisotopic (exact) mass is 474 g/mol. The summed E-state index contributed by atoms with van der Waals surface area (Å²) in [6.07, 6.45) is -3.99. The van der Waals surface area contributed by atoms with E-state index in [0.29, 0.717) is 11.9 Å².